The van der Waals surface area contributed by atoms with Gasteiger partial charge in [0.05, 0.1) is 0 Å². The molecule has 1 unspecified atom stereocenters. The number of aliphatic hydroxyl groups is 1. The topological polar surface area (TPSA) is 30.0 Å². The SMILES string of the molecule is CN(C)CCCN1CCC(N2CCC(CO)C2)CC1. The Labute approximate surface area is 118 Å². The van der Waals surface area contributed by atoms with Crippen LogP contribution in [-0.4, -0.2) is 85.8 Å². The van der Waals surface area contributed by atoms with Crippen molar-refractivity contribution < 1.29 is 5.11 Å². The number of hydrogen-bond donors (Lipinski definition) is 1. The standard InChI is InChI=1S/C15H31N3O/c1-16(2)7-3-8-17-9-5-15(6-10-17)18-11-4-14(12-18)13-19/h14-15,19H,3-13H2,1-2H3. The summed E-state index contributed by atoms with van der Waals surface area (Å²) in [5.74, 6) is 0.540. The third-order valence-corrected chi connectivity index (χ3v) is 4.73. The van der Waals surface area contributed by atoms with Crippen molar-refractivity contribution in [3.63, 3.8) is 0 Å². The fourth-order valence-electron chi connectivity index (χ4n) is 3.46. The molecule has 19 heavy (non-hydrogen) atoms. The van der Waals surface area contributed by atoms with E-state index in [2.05, 4.69) is 28.8 Å². The molecule has 0 aliphatic carbocycles. The van der Waals surface area contributed by atoms with Gasteiger partial charge in [0.2, 0.25) is 0 Å². The molecule has 0 bridgehead atoms. The van der Waals surface area contributed by atoms with Crippen LogP contribution in [0, 0.1) is 5.92 Å². The summed E-state index contributed by atoms with van der Waals surface area (Å²) in [4.78, 5) is 7.52. The number of rotatable bonds is 6. The highest BCUT2D eigenvalue weighted by atomic mass is 16.3. The lowest BCUT2D eigenvalue weighted by atomic mass is 10.0. The molecule has 1 N–H and O–H groups in total. The molecule has 112 valence electrons. The van der Waals surface area contributed by atoms with Gasteiger partial charge in [-0.2, -0.15) is 0 Å². The Kier molecular flexibility index (Phi) is 6.07. The molecule has 0 saturated carbocycles. The first-order chi connectivity index (χ1) is 9.19. The van der Waals surface area contributed by atoms with Gasteiger partial charge in [0.15, 0.2) is 0 Å². The molecule has 0 spiro atoms. The van der Waals surface area contributed by atoms with E-state index in [9.17, 15) is 5.11 Å². The average Bonchev–Trinajstić information content (AvgIpc) is 2.88. The summed E-state index contributed by atoms with van der Waals surface area (Å²) < 4.78 is 0. The number of likely N-dealkylation sites (tertiary alicyclic amines) is 2. The van der Waals surface area contributed by atoms with Crippen molar-refractivity contribution in [1.29, 1.82) is 0 Å². The lowest BCUT2D eigenvalue weighted by Gasteiger charge is -2.37. The van der Waals surface area contributed by atoms with Crippen LogP contribution < -0.4 is 0 Å². The molecule has 0 radical (unpaired) electrons. The molecular weight excluding hydrogens is 238 g/mol. The Hall–Kier alpha value is -0.160. The second-order valence-corrected chi connectivity index (χ2v) is 6.56. The summed E-state index contributed by atoms with van der Waals surface area (Å²) >= 11 is 0. The van der Waals surface area contributed by atoms with E-state index >= 15 is 0 Å². The van der Waals surface area contributed by atoms with Crippen molar-refractivity contribution in [3.8, 4) is 0 Å². The molecule has 2 rings (SSSR count). The molecule has 0 amide bonds. The van der Waals surface area contributed by atoms with E-state index < -0.39 is 0 Å². The Morgan fingerprint density at radius 1 is 1.11 bits per heavy atom. The molecule has 4 heteroatoms. The van der Waals surface area contributed by atoms with Gasteiger partial charge in [0, 0.05) is 19.2 Å². The van der Waals surface area contributed by atoms with Gasteiger partial charge in [-0.25, -0.2) is 0 Å². The van der Waals surface area contributed by atoms with Crippen molar-refractivity contribution in [1.82, 2.24) is 14.7 Å². The monoisotopic (exact) mass is 269 g/mol. The summed E-state index contributed by atoms with van der Waals surface area (Å²) in [6.45, 7) is 7.68. The quantitative estimate of drug-likeness (QED) is 0.769. The molecule has 0 aromatic rings. The summed E-state index contributed by atoms with van der Waals surface area (Å²) in [5, 5.41) is 9.23. The van der Waals surface area contributed by atoms with Gasteiger partial charge in [-0.15, -0.1) is 0 Å². The van der Waals surface area contributed by atoms with E-state index in [4.69, 9.17) is 0 Å². The minimum atomic E-state index is 0.375. The Morgan fingerprint density at radius 3 is 2.42 bits per heavy atom. The zero-order valence-electron chi connectivity index (χ0n) is 12.7. The minimum Gasteiger partial charge on any atom is -0.396 e. The Bertz CT molecular complexity index is 252. The van der Waals surface area contributed by atoms with Gasteiger partial charge < -0.3 is 14.9 Å². The summed E-state index contributed by atoms with van der Waals surface area (Å²) in [7, 11) is 4.30. The lowest BCUT2D eigenvalue weighted by Crippen LogP contribution is -2.44. The van der Waals surface area contributed by atoms with Crippen LogP contribution in [0.1, 0.15) is 25.7 Å². The van der Waals surface area contributed by atoms with Crippen molar-refractivity contribution in [2.75, 3.05) is 60.0 Å². The van der Waals surface area contributed by atoms with Crippen molar-refractivity contribution in [2.45, 2.75) is 31.7 Å². The number of aliphatic hydroxyl groups excluding tert-OH is 1. The molecular formula is C15H31N3O. The molecule has 2 fully saturated rings. The first-order valence-corrected chi connectivity index (χ1v) is 7.91. The summed E-state index contributed by atoms with van der Waals surface area (Å²) in [5.41, 5.74) is 0. The Morgan fingerprint density at radius 2 is 1.84 bits per heavy atom. The van der Waals surface area contributed by atoms with Gasteiger partial charge in [0.25, 0.3) is 0 Å². The third-order valence-electron chi connectivity index (χ3n) is 4.73. The second-order valence-electron chi connectivity index (χ2n) is 6.56. The molecule has 2 heterocycles. The zero-order chi connectivity index (χ0) is 13.7. The molecule has 4 nitrogen and oxygen atoms in total. The van der Waals surface area contributed by atoms with Crippen LogP contribution in [0.5, 0.6) is 0 Å². The maximum atomic E-state index is 9.23. The molecule has 2 aliphatic rings. The van der Waals surface area contributed by atoms with Gasteiger partial charge >= 0.3 is 0 Å². The number of nitrogens with zero attached hydrogens (tertiary/aromatic N) is 3. The van der Waals surface area contributed by atoms with Crippen molar-refractivity contribution in [3.05, 3.63) is 0 Å². The van der Waals surface area contributed by atoms with Gasteiger partial charge in [-0.3, -0.25) is 4.90 Å². The minimum absolute atomic E-state index is 0.375. The highest BCUT2D eigenvalue weighted by Gasteiger charge is 2.30. The van der Waals surface area contributed by atoms with E-state index in [0.29, 0.717) is 12.5 Å². The first kappa shape index (κ1) is 15.2. The van der Waals surface area contributed by atoms with E-state index in [1.165, 1.54) is 58.4 Å². The van der Waals surface area contributed by atoms with Gasteiger partial charge in [-0.05, 0) is 78.4 Å². The zero-order valence-corrected chi connectivity index (χ0v) is 12.7. The van der Waals surface area contributed by atoms with Crippen LogP contribution in [-0.2, 0) is 0 Å². The average molecular weight is 269 g/mol. The smallest absolute Gasteiger partial charge is 0.0471 e. The van der Waals surface area contributed by atoms with Crippen LogP contribution in [0.2, 0.25) is 0 Å². The predicted octanol–water partition coefficient (Wildman–Crippen LogP) is 0.717. The summed E-state index contributed by atoms with van der Waals surface area (Å²) in [6, 6.07) is 0.779. The molecule has 0 aromatic carbocycles. The molecule has 0 aromatic heterocycles. The number of piperidine rings is 1. The number of hydrogen-bond acceptors (Lipinski definition) is 4. The highest BCUT2D eigenvalue weighted by Crippen LogP contribution is 2.24. The third kappa shape index (κ3) is 4.71. The van der Waals surface area contributed by atoms with Crippen molar-refractivity contribution in [2.24, 2.45) is 5.92 Å². The van der Waals surface area contributed by atoms with Crippen LogP contribution in [0.25, 0.3) is 0 Å². The van der Waals surface area contributed by atoms with E-state index in [1.807, 2.05) is 0 Å². The predicted molar refractivity (Wildman–Crippen MR) is 79.4 cm³/mol. The highest BCUT2D eigenvalue weighted by molar-refractivity contribution is 4.85. The normalized spacial score (nSPS) is 27.5. The van der Waals surface area contributed by atoms with Crippen molar-refractivity contribution >= 4 is 0 Å². The molecule has 1 atom stereocenters. The largest absolute Gasteiger partial charge is 0.396 e. The maximum Gasteiger partial charge on any atom is 0.0471 e. The van der Waals surface area contributed by atoms with Gasteiger partial charge in [0.1, 0.15) is 0 Å². The summed E-state index contributed by atoms with van der Waals surface area (Å²) in [6.07, 6.45) is 5.12. The fraction of sp³-hybridized carbons (Fsp3) is 1.00. The Balaban J connectivity index is 1.62. The van der Waals surface area contributed by atoms with Crippen LogP contribution in [0.3, 0.4) is 0 Å². The van der Waals surface area contributed by atoms with Gasteiger partial charge in [-0.1, -0.05) is 0 Å². The molecule has 2 aliphatic heterocycles. The maximum absolute atomic E-state index is 9.23. The van der Waals surface area contributed by atoms with Crippen LogP contribution in [0.15, 0.2) is 0 Å². The van der Waals surface area contributed by atoms with Crippen LogP contribution >= 0.6 is 0 Å². The molecule has 2 saturated heterocycles. The van der Waals surface area contributed by atoms with Crippen LogP contribution in [0.4, 0.5) is 0 Å². The van der Waals surface area contributed by atoms with E-state index in [1.54, 1.807) is 0 Å². The second kappa shape index (κ2) is 7.58. The lowest BCUT2D eigenvalue weighted by molar-refractivity contribution is 0.117. The first-order valence-electron chi connectivity index (χ1n) is 7.91. The fourth-order valence-corrected chi connectivity index (χ4v) is 3.46. The van der Waals surface area contributed by atoms with E-state index in [-0.39, 0.29) is 0 Å². The van der Waals surface area contributed by atoms with E-state index in [0.717, 1.165) is 12.6 Å².